The highest BCUT2D eigenvalue weighted by atomic mass is 32.1. The maximum absolute atomic E-state index is 13.1. The van der Waals surface area contributed by atoms with Gasteiger partial charge in [0.25, 0.3) is 5.91 Å². The van der Waals surface area contributed by atoms with Gasteiger partial charge in [-0.1, -0.05) is 30.3 Å². The second kappa shape index (κ2) is 9.69. The highest BCUT2D eigenvalue weighted by Gasteiger charge is 2.23. The first-order valence-corrected chi connectivity index (χ1v) is 10.8. The summed E-state index contributed by atoms with van der Waals surface area (Å²) < 4.78 is 10.8. The molecule has 2 amide bonds. The van der Waals surface area contributed by atoms with Gasteiger partial charge in [0, 0.05) is 25.1 Å². The van der Waals surface area contributed by atoms with E-state index in [1.54, 1.807) is 17.5 Å². The lowest BCUT2D eigenvalue weighted by Crippen LogP contribution is -2.37. The molecule has 0 saturated carbocycles. The molecule has 1 aliphatic heterocycles. The molecule has 1 fully saturated rings. The number of ether oxygens (including phenoxy) is 1. The molecule has 1 saturated heterocycles. The van der Waals surface area contributed by atoms with Crippen molar-refractivity contribution in [2.75, 3.05) is 18.5 Å². The van der Waals surface area contributed by atoms with Crippen LogP contribution < -0.4 is 5.32 Å². The SMILES string of the molecule is O=C(Nc1nc(CC(=O)N(Cc2ccccc2)CC2CCCO2)cs1)c1ccco1. The van der Waals surface area contributed by atoms with Gasteiger partial charge in [0.15, 0.2) is 10.9 Å². The maximum Gasteiger partial charge on any atom is 0.293 e. The first kappa shape index (κ1) is 20.3. The van der Waals surface area contributed by atoms with E-state index >= 15 is 0 Å². The van der Waals surface area contributed by atoms with Crippen LogP contribution in [0.4, 0.5) is 5.13 Å². The van der Waals surface area contributed by atoms with E-state index in [-0.39, 0.29) is 30.1 Å². The van der Waals surface area contributed by atoms with Crippen LogP contribution in [0.3, 0.4) is 0 Å². The van der Waals surface area contributed by atoms with Crippen LogP contribution in [-0.4, -0.2) is 41.0 Å². The number of amides is 2. The molecule has 7 nitrogen and oxygen atoms in total. The summed E-state index contributed by atoms with van der Waals surface area (Å²) in [6.07, 6.45) is 3.69. The molecule has 0 spiro atoms. The van der Waals surface area contributed by atoms with Crippen molar-refractivity contribution in [1.29, 1.82) is 0 Å². The molecule has 1 aromatic carbocycles. The van der Waals surface area contributed by atoms with E-state index < -0.39 is 0 Å². The topological polar surface area (TPSA) is 84.7 Å². The summed E-state index contributed by atoms with van der Waals surface area (Å²) in [5.41, 5.74) is 1.71. The summed E-state index contributed by atoms with van der Waals surface area (Å²) in [7, 11) is 0. The van der Waals surface area contributed by atoms with Crippen LogP contribution in [0.1, 0.15) is 34.7 Å². The fourth-order valence-electron chi connectivity index (χ4n) is 3.37. The van der Waals surface area contributed by atoms with Crippen LogP contribution in [0.15, 0.2) is 58.5 Å². The van der Waals surface area contributed by atoms with Crippen molar-refractivity contribution in [2.45, 2.75) is 31.9 Å². The van der Waals surface area contributed by atoms with Crippen molar-refractivity contribution >= 4 is 28.3 Å². The summed E-state index contributed by atoms with van der Waals surface area (Å²) in [6, 6.07) is 13.2. The summed E-state index contributed by atoms with van der Waals surface area (Å²) >= 11 is 1.29. The minimum atomic E-state index is -0.365. The molecule has 156 valence electrons. The van der Waals surface area contributed by atoms with E-state index in [0.29, 0.717) is 23.9 Å². The number of anilines is 1. The normalized spacial score (nSPS) is 15.8. The van der Waals surface area contributed by atoms with Gasteiger partial charge in [-0.2, -0.15) is 0 Å². The standard InChI is InChI=1S/C22H23N3O4S/c26-20(12-17-15-30-22(23-17)24-21(27)19-9-5-11-29-19)25(14-18-8-4-10-28-18)13-16-6-2-1-3-7-16/h1-3,5-7,9,11,15,18H,4,8,10,12-14H2,(H,23,24,27). The van der Waals surface area contributed by atoms with Gasteiger partial charge in [0.05, 0.1) is 24.5 Å². The zero-order valence-electron chi connectivity index (χ0n) is 16.5. The van der Waals surface area contributed by atoms with E-state index in [0.717, 1.165) is 25.0 Å². The van der Waals surface area contributed by atoms with E-state index in [1.807, 2.05) is 35.2 Å². The van der Waals surface area contributed by atoms with Gasteiger partial charge in [0.1, 0.15) is 0 Å². The number of benzene rings is 1. The van der Waals surface area contributed by atoms with Crippen LogP contribution >= 0.6 is 11.3 Å². The molecule has 1 aliphatic rings. The van der Waals surface area contributed by atoms with Gasteiger partial charge in [0.2, 0.25) is 5.91 Å². The van der Waals surface area contributed by atoms with Crippen LogP contribution in [0.2, 0.25) is 0 Å². The van der Waals surface area contributed by atoms with E-state index in [4.69, 9.17) is 9.15 Å². The first-order valence-electron chi connectivity index (χ1n) is 9.90. The molecule has 8 heteroatoms. The molecule has 1 atom stereocenters. The quantitative estimate of drug-likeness (QED) is 0.594. The van der Waals surface area contributed by atoms with Crippen LogP contribution in [-0.2, 0) is 22.5 Å². The minimum absolute atomic E-state index is 0.0106. The number of thiazole rings is 1. The number of nitrogens with one attached hydrogen (secondary N) is 1. The Morgan fingerprint density at radius 2 is 2.07 bits per heavy atom. The number of carbonyl (C=O) groups is 2. The third-order valence-electron chi connectivity index (χ3n) is 4.87. The molecule has 0 aliphatic carbocycles. The number of hydrogen-bond acceptors (Lipinski definition) is 6. The van der Waals surface area contributed by atoms with Gasteiger partial charge in [-0.05, 0) is 30.5 Å². The van der Waals surface area contributed by atoms with Gasteiger partial charge in [-0.15, -0.1) is 11.3 Å². The van der Waals surface area contributed by atoms with Crippen molar-refractivity contribution in [3.63, 3.8) is 0 Å². The fourth-order valence-corrected chi connectivity index (χ4v) is 4.08. The zero-order valence-corrected chi connectivity index (χ0v) is 17.3. The van der Waals surface area contributed by atoms with E-state index in [2.05, 4.69) is 10.3 Å². The average molecular weight is 426 g/mol. The van der Waals surface area contributed by atoms with Gasteiger partial charge < -0.3 is 14.1 Å². The molecule has 1 N–H and O–H groups in total. The molecule has 1 unspecified atom stereocenters. The van der Waals surface area contributed by atoms with Crippen LogP contribution in [0.5, 0.6) is 0 Å². The Bertz CT molecular complexity index is 965. The third-order valence-corrected chi connectivity index (χ3v) is 5.67. The molecule has 4 rings (SSSR count). The molecule has 3 heterocycles. The third kappa shape index (κ3) is 5.34. The van der Waals surface area contributed by atoms with Crippen molar-refractivity contribution < 1.29 is 18.7 Å². The van der Waals surface area contributed by atoms with Crippen molar-refractivity contribution in [3.8, 4) is 0 Å². The number of aromatic nitrogens is 1. The number of nitrogens with zero attached hydrogens (tertiary/aromatic N) is 2. The first-order chi connectivity index (χ1) is 14.7. The largest absolute Gasteiger partial charge is 0.459 e. The van der Waals surface area contributed by atoms with Crippen LogP contribution in [0.25, 0.3) is 0 Å². The molecule has 3 aromatic rings. The van der Waals surface area contributed by atoms with Crippen molar-refractivity contribution in [2.24, 2.45) is 0 Å². The number of hydrogen-bond donors (Lipinski definition) is 1. The number of rotatable bonds is 8. The zero-order chi connectivity index (χ0) is 20.8. The summed E-state index contributed by atoms with van der Waals surface area (Å²) in [4.78, 5) is 31.4. The number of carbonyl (C=O) groups excluding carboxylic acids is 2. The molecule has 30 heavy (non-hydrogen) atoms. The lowest BCUT2D eigenvalue weighted by atomic mass is 10.1. The van der Waals surface area contributed by atoms with Crippen molar-refractivity contribution in [1.82, 2.24) is 9.88 Å². The van der Waals surface area contributed by atoms with E-state index in [9.17, 15) is 9.59 Å². The second-order valence-electron chi connectivity index (χ2n) is 7.15. The minimum Gasteiger partial charge on any atom is -0.459 e. The number of furan rings is 1. The highest BCUT2D eigenvalue weighted by molar-refractivity contribution is 7.14. The fraction of sp³-hybridized carbons (Fsp3) is 0.318. The summed E-state index contributed by atoms with van der Waals surface area (Å²) in [5.74, 6) is -0.159. The smallest absolute Gasteiger partial charge is 0.293 e. The highest BCUT2D eigenvalue weighted by Crippen LogP contribution is 2.20. The Kier molecular flexibility index (Phi) is 6.56. The molecular formula is C22H23N3O4S. The second-order valence-corrected chi connectivity index (χ2v) is 8.01. The molecule has 0 bridgehead atoms. The predicted octanol–water partition coefficient (Wildman–Crippen LogP) is 3.74. The van der Waals surface area contributed by atoms with Gasteiger partial charge in [-0.3, -0.25) is 14.9 Å². The van der Waals surface area contributed by atoms with Crippen LogP contribution in [0, 0.1) is 0 Å². The molecule has 0 radical (unpaired) electrons. The van der Waals surface area contributed by atoms with Gasteiger partial charge in [-0.25, -0.2) is 4.98 Å². The Hall–Kier alpha value is -2.97. The monoisotopic (exact) mass is 425 g/mol. The summed E-state index contributed by atoms with van der Waals surface area (Å²) in [6.45, 7) is 1.86. The van der Waals surface area contributed by atoms with Crippen molar-refractivity contribution in [3.05, 3.63) is 71.1 Å². The molecular weight excluding hydrogens is 402 g/mol. The van der Waals surface area contributed by atoms with Gasteiger partial charge >= 0.3 is 0 Å². The average Bonchev–Trinajstić information content (AvgIpc) is 3.52. The summed E-state index contributed by atoms with van der Waals surface area (Å²) in [5, 5.41) is 4.93. The predicted molar refractivity (Wildman–Crippen MR) is 113 cm³/mol. The Morgan fingerprint density at radius 1 is 1.20 bits per heavy atom. The van der Waals surface area contributed by atoms with E-state index in [1.165, 1.54) is 17.6 Å². The Morgan fingerprint density at radius 3 is 2.80 bits per heavy atom. The Balaban J connectivity index is 1.40. The Labute approximate surface area is 178 Å². The lowest BCUT2D eigenvalue weighted by molar-refractivity contribution is -0.132. The maximum atomic E-state index is 13.1. The molecule has 2 aromatic heterocycles. The lowest BCUT2D eigenvalue weighted by Gasteiger charge is -2.25.